The number of benzene rings is 2. The number of nitrogens with zero attached hydrogens (tertiary/aromatic N) is 3. The van der Waals surface area contributed by atoms with Crippen molar-refractivity contribution in [1.82, 2.24) is 19.6 Å². The van der Waals surface area contributed by atoms with Gasteiger partial charge in [0.1, 0.15) is 5.75 Å². The van der Waals surface area contributed by atoms with E-state index in [9.17, 15) is 17.6 Å². The molecule has 0 bridgehead atoms. The minimum Gasteiger partial charge on any atom is -0.424 e. The molecule has 0 saturated carbocycles. The molecule has 0 saturated heterocycles. The summed E-state index contributed by atoms with van der Waals surface area (Å²) in [7, 11) is -2.66. The van der Waals surface area contributed by atoms with E-state index in [-0.39, 0.29) is 35.8 Å². The summed E-state index contributed by atoms with van der Waals surface area (Å²) in [6, 6.07) is 11.0. The fraction of sp³-hybridized carbons (Fsp3) is 0.190. The van der Waals surface area contributed by atoms with Gasteiger partial charge < -0.3 is 9.64 Å². The second kappa shape index (κ2) is 8.52. The Balaban J connectivity index is 1.57. The highest BCUT2D eigenvalue weighted by Crippen LogP contribution is 2.37. The largest absolute Gasteiger partial charge is 0.424 e. The van der Waals surface area contributed by atoms with Gasteiger partial charge in [0.15, 0.2) is 5.82 Å². The van der Waals surface area contributed by atoms with Gasteiger partial charge >= 0.3 is 6.01 Å². The van der Waals surface area contributed by atoms with E-state index in [2.05, 4.69) is 19.4 Å². The van der Waals surface area contributed by atoms with Gasteiger partial charge in [0.05, 0.1) is 11.7 Å². The Morgan fingerprint density at radius 3 is 2.62 bits per heavy atom. The molecule has 2 aromatic carbocycles. The number of hydrogen-bond donors (Lipinski definition) is 2. The molecule has 0 aliphatic carbocycles. The van der Waals surface area contributed by atoms with Gasteiger partial charge in [-0.15, -0.1) is 0 Å². The molecule has 4 rings (SSSR count). The van der Waals surface area contributed by atoms with E-state index in [4.69, 9.17) is 4.74 Å². The molecule has 1 unspecified atom stereocenters. The van der Waals surface area contributed by atoms with Crippen molar-refractivity contribution in [2.24, 2.45) is 0 Å². The summed E-state index contributed by atoms with van der Waals surface area (Å²) in [6.07, 6.45) is 3.09. The van der Waals surface area contributed by atoms with Gasteiger partial charge in [0.25, 0.3) is 16.1 Å². The Bertz CT molecular complexity index is 1270. The molecule has 0 spiro atoms. The van der Waals surface area contributed by atoms with E-state index in [1.54, 1.807) is 36.7 Å². The third-order valence-corrected chi connectivity index (χ3v) is 6.14. The first-order chi connectivity index (χ1) is 15.3. The molecule has 166 valence electrons. The average Bonchev–Trinajstić information content (AvgIpc) is 3.01. The predicted molar refractivity (Wildman–Crippen MR) is 115 cm³/mol. The van der Waals surface area contributed by atoms with Crippen molar-refractivity contribution in [1.29, 1.82) is 0 Å². The number of anilines is 1. The quantitative estimate of drug-likeness (QED) is 0.564. The summed E-state index contributed by atoms with van der Waals surface area (Å²) in [6.45, 7) is 1.81. The standard InChI is InChI=1S/C21H20FN5O4S/c1-13-16-8-7-15(31-21-24-9-4-10-25-21)11-17(16)20(28)27(13)12-14-5-3-6-18(19(14)22)26-32(29,30)23-2/h3-11,13,23,26H,12H2,1-2H3. The van der Waals surface area contributed by atoms with Crippen LogP contribution < -0.4 is 14.2 Å². The Kier molecular flexibility index (Phi) is 5.76. The highest BCUT2D eigenvalue weighted by molar-refractivity contribution is 7.90. The van der Waals surface area contributed by atoms with Gasteiger partial charge in [-0.3, -0.25) is 9.52 Å². The van der Waals surface area contributed by atoms with E-state index < -0.39 is 16.0 Å². The Morgan fingerprint density at radius 2 is 1.91 bits per heavy atom. The predicted octanol–water partition coefficient (Wildman–Crippen LogP) is 3.00. The number of hydrogen-bond acceptors (Lipinski definition) is 6. The van der Waals surface area contributed by atoms with E-state index in [0.29, 0.717) is 11.3 Å². The van der Waals surface area contributed by atoms with Gasteiger partial charge in [-0.05, 0) is 36.8 Å². The number of carbonyl (C=O) groups is 1. The lowest BCUT2D eigenvalue weighted by atomic mass is 10.1. The molecule has 2 N–H and O–H groups in total. The zero-order valence-electron chi connectivity index (χ0n) is 17.2. The molecule has 32 heavy (non-hydrogen) atoms. The molecule has 1 aromatic heterocycles. The summed E-state index contributed by atoms with van der Waals surface area (Å²) in [5.41, 5.74) is 1.21. The number of fused-ring (bicyclic) bond motifs is 1. The molecule has 11 heteroatoms. The van der Waals surface area contributed by atoms with Crippen molar-refractivity contribution in [2.75, 3.05) is 11.8 Å². The molecule has 2 heterocycles. The van der Waals surface area contributed by atoms with Crippen LogP contribution in [0.5, 0.6) is 11.8 Å². The SMILES string of the molecule is CNS(=O)(=O)Nc1cccc(CN2C(=O)c3cc(Oc4ncccn4)ccc3C2C)c1F. The fourth-order valence-electron chi connectivity index (χ4n) is 3.46. The molecule has 0 fully saturated rings. The van der Waals surface area contributed by atoms with Gasteiger partial charge in [0, 0.05) is 37.1 Å². The normalized spacial score (nSPS) is 15.5. The molecule has 9 nitrogen and oxygen atoms in total. The van der Waals surface area contributed by atoms with E-state index in [1.807, 2.05) is 6.92 Å². The monoisotopic (exact) mass is 457 g/mol. The Labute approximate surface area is 184 Å². The van der Waals surface area contributed by atoms with Crippen molar-refractivity contribution in [3.05, 3.63) is 77.4 Å². The number of nitrogens with one attached hydrogen (secondary N) is 2. The summed E-state index contributed by atoms with van der Waals surface area (Å²) in [4.78, 5) is 22.6. The van der Waals surface area contributed by atoms with Crippen molar-refractivity contribution >= 4 is 21.8 Å². The first kappa shape index (κ1) is 21.7. The Hall–Kier alpha value is -3.57. The first-order valence-electron chi connectivity index (χ1n) is 9.67. The topological polar surface area (TPSA) is 114 Å². The summed E-state index contributed by atoms with van der Waals surface area (Å²) >= 11 is 0. The lowest BCUT2D eigenvalue weighted by Gasteiger charge is -2.23. The number of halogens is 1. The molecular formula is C21H20FN5O4S. The van der Waals surface area contributed by atoms with Crippen LogP contribution in [0.4, 0.5) is 10.1 Å². The number of rotatable bonds is 7. The van der Waals surface area contributed by atoms with Gasteiger partial charge in [0.2, 0.25) is 0 Å². The maximum atomic E-state index is 15.0. The lowest BCUT2D eigenvalue weighted by Crippen LogP contribution is -2.28. The van der Waals surface area contributed by atoms with E-state index in [1.165, 1.54) is 30.1 Å². The van der Waals surface area contributed by atoms with E-state index >= 15 is 0 Å². The molecule has 1 atom stereocenters. The van der Waals surface area contributed by atoms with E-state index in [0.717, 1.165) is 5.56 Å². The molecule has 3 aromatic rings. The van der Waals surface area contributed by atoms with Gasteiger partial charge in [-0.25, -0.2) is 19.1 Å². The highest BCUT2D eigenvalue weighted by Gasteiger charge is 2.35. The van der Waals surface area contributed by atoms with Crippen molar-refractivity contribution in [2.45, 2.75) is 19.5 Å². The molecule has 0 radical (unpaired) electrons. The molecule has 1 amide bonds. The number of carbonyl (C=O) groups excluding carboxylic acids is 1. The smallest absolute Gasteiger partial charge is 0.321 e. The fourth-order valence-corrected chi connectivity index (χ4v) is 4.01. The third kappa shape index (κ3) is 4.25. The number of ether oxygens (including phenoxy) is 1. The minimum absolute atomic E-state index is 0.0341. The van der Waals surface area contributed by atoms with Crippen LogP contribution in [0, 0.1) is 5.82 Å². The summed E-state index contributed by atoms with van der Waals surface area (Å²) in [5, 5.41) is 0. The minimum atomic E-state index is -3.88. The first-order valence-corrected chi connectivity index (χ1v) is 11.2. The van der Waals surface area contributed by atoms with Gasteiger partial charge in [-0.1, -0.05) is 18.2 Å². The Morgan fingerprint density at radius 1 is 1.16 bits per heavy atom. The van der Waals surface area contributed by atoms with Crippen molar-refractivity contribution in [3.8, 4) is 11.8 Å². The highest BCUT2D eigenvalue weighted by atomic mass is 32.2. The number of aromatic nitrogens is 2. The second-order valence-electron chi connectivity index (χ2n) is 7.08. The zero-order chi connectivity index (χ0) is 22.9. The van der Waals surface area contributed by atoms with Crippen LogP contribution in [0.15, 0.2) is 54.9 Å². The van der Waals surface area contributed by atoms with Crippen molar-refractivity contribution in [3.63, 3.8) is 0 Å². The third-order valence-electron chi connectivity index (χ3n) is 5.12. The van der Waals surface area contributed by atoms with Crippen LogP contribution >= 0.6 is 0 Å². The van der Waals surface area contributed by atoms with Gasteiger partial charge in [-0.2, -0.15) is 8.42 Å². The van der Waals surface area contributed by atoms with Crippen LogP contribution in [-0.2, 0) is 16.8 Å². The lowest BCUT2D eigenvalue weighted by molar-refractivity contribution is 0.0721. The zero-order valence-corrected chi connectivity index (χ0v) is 18.1. The average molecular weight is 457 g/mol. The van der Waals surface area contributed by atoms with Crippen LogP contribution in [0.1, 0.15) is 34.5 Å². The van der Waals surface area contributed by atoms with Crippen LogP contribution in [0.2, 0.25) is 0 Å². The van der Waals surface area contributed by atoms with Crippen molar-refractivity contribution < 1.29 is 22.3 Å². The maximum Gasteiger partial charge on any atom is 0.321 e. The van der Waals surface area contributed by atoms with Crippen LogP contribution in [-0.4, -0.2) is 36.2 Å². The summed E-state index contributed by atoms with van der Waals surface area (Å²) < 4.78 is 48.2. The molecule has 1 aliphatic rings. The molecule has 1 aliphatic heterocycles. The number of amides is 1. The van der Waals surface area contributed by atoms with Crippen LogP contribution in [0.3, 0.4) is 0 Å². The van der Waals surface area contributed by atoms with Crippen LogP contribution in [0.25, 0.3) is 0 Å². The molecular weight excluding hydrogens is 437 g/mol. The maximum absolute atomic E-state index is 15.0. The summed E-state index contributed by atoms with van der Waals surface area (Å²) in [5.74, 6) is -0.618. The second-order valence-corrected chi connectivity index (χ2v) is 8.70.